The monoisotopic (exact) mass is 628 g/mol. The van der Waals surface area contributed by atoms with Crippen molar-refractivity contribution in [2.45, 2.75) is 23.8 Å². The Balaban J connectivity index is 1.23. The van der Waals surface area contributed by atoms with E-state index in [2.05, 4.69) is 5.32 Å². The summed E-state index contributed by atoms with van der Waals surface area (Å²) in [7, 11) is -9.82. The van der Waals surface area contributed by atoms with Crippen molar-refractivity contribution in [3.05, 3.63) is 74.3 Å². The van der Waals surface area contributed by atoms with E-state index in [0.29, 0.717) is 5.52 Å². The van der Waals surface area contributed by atoms with Gasteiger partial charge in [0.15, 0.2) is 0 Å². The van der Waals surface area contributed by atoms with Crippen molar-refractivity contribution in [3.63, 3.8) is 0 Å². The standard InChI is InChI=1S/C24H25FN4O11S2/c25-20-11-18-22(28(15-1-2-15)13-19(23(18)30)24(31)32)12-21(20)26-7-8-39-9-10-40-14-27-42(37,38)41(35,36)17-5-3-16(4-6-17)29(33)34/h3-6,11-13,15,26-27H,1-2,7-10,14H2,(H,31,32). The van der Waals surface area contributed by atoms with E-state index in [4.69, 9.17) is 9.47 Å². The number of aromatic nitrogens is 1. The lowest BCUT2D eigenvalue weighted by atomic mass is 10.1. The second-order valence-electron chi connectivity index (χ2n) is 9.06. The average molecular weight is 629 g/mol. The van der Waals surface area contributed by atoms with E-state index in [1.54, 1.807) is 9.29 Å². The topological polar surface area (TPSA) is 213 Å². The highest BCUT2D eigenvalue weighted by Gasteiger charge is 2.32. The molecule has 1 saturated carbocycles. The Bertz CT molecular complexity index is 1790. The maximum atomic E-state index is 14.7. The number of ether oxygens (including phenoxy) is 2. The number of fused-ring (bicyclic) bond motifs is 1. The lowest BCUT2D eigenvalue weighted by molar-refractivity contribution is -0.384. The lowest BCUT2D eigenvalue weighted by Crippen LogP contribution is -2.33. The van der Waals surface area contributed by atoms with Gasteiger partial charge in [-0.15, -0.1) is 0 Å². The molecule has 1 aliphatic rings. The zero-order valence-corrected chi connectivity index (χ0v) is 23.3. The molecule has 1 fully saturated rings. The predicted molar refractivity (Wildman–Crippen MR) is 146 cm³/mol. The van der Waals surface area contributed by atoms with Crippen molar-refractivity contribution in [1.29, 1.82) is 0 Å². The van der Waals surface area contributed by atoms with Gasteiger partial charge in [0.2, 0.25) is 5.43 Å². The number of carboxylic acid groups (broad SMARTS) is 1. The second-order valence-corrected chi connectivity index (χ2v) is 14.3. The zero-order chi connectivity index (χ0) is 30.7. The van der Waals surface area contributed by atoms with Crippen molar-refractivity contribution in [2.75, 3.05) is 38.4 Å². The fraction of sp³-hybridized carbons (Fsp3) is 0.333. The summed E-state index contributed by atoms with van der Waals surface area (Å²) in [5, 5.41) is 22.8. The van der Waals surface area contributed by atoms with Crippen LogP contribution in [0.15, 0.2) is 52.3 Å². The summed E-state index contributed by atoms with van der Waals surface area (Å²) >= 11 is 0. The van der Waals surface area contributed by atoms with Crippen molar-refractivity contribution in [3.8, 4) is 0 Å². The average Bonchev–Trinajstić information content (AvgIpc) is 3.78. The molecule has 0 atom stereocenters. The summed E-state index contributed by atoms with van der Waals surface area (Å²) in [6.07, 6.45) is 2.90. The Kier molecular flexibility index (Phi) is 9.21. The van der Waals surface area contributed by atoms with Gasteiger partial charge in [-0.05, 0) is 37.1 Å². The number of carboxylic acids is 1. The van der Waals surface area contributed by atoms with Crippen LogP contribution in [0.25, 0.3) is 10.9 Å². The van der Waals surface area contributed by atoms with Crippen LogP contribution in [0.5, 0.6) is 0 Å². The quantitative estimate of drug-likeness (QED) is 0.0722. The molecule has 0 saturated heterocycles. The number of carbonyl (C=O) groups is 1. The van der Waals surface area contributed by atoms with Crippen molar-refractivity contribution < 1.29 is 45.5 Å². The number of non-ortho nitro benzene ring substituents is 1. The van der Waals surface area contributed by atoms with Crippen molar-refractivity contribution in [1.82, 2.24) is 9.29 Å². The molecule has 3 aromatic rings. The molecule has 1 aliphatic carbocycles. The summed E-state index contributed by atoms with van der Waals surface area (Å²) in [5.74, 6) is -2.13. The third-order valence-corrected chi connectivity index (χ3v) is 10.8. The number of hydrogen-bond acceptors (Lipinski definition) is 11. The Morgan fingerprint density at radius 2 is 1.76 bits per heavy atom. The molecule has 1 heterocycles. The number of nitrogens with one attached hydrogen (secondary N) is 2. The van der Waals surface area contributed by atoms with Gasteiger partial charge in [0, 0.05) is 36.3 Å². The molecular formula is C24H25FN4O11S2. The fourth-order valence-electron chi connectivity index (χ4n) is 3.91. The first-order chi connectivity index (χ1) is 19.8. The smallest absolute Gasteiger partial charge is 0.341 e. The van der Waals surface area contributed by atoms with E-state index in [0.717, 1.165) is 43.2 Å². The summed E-state index contributed by atoms with van der Waals surface area (Å²) in [5.41, 5.74) is -1.11. The third kappa shape index (κ3) is 6.73. The molecule has 1 aromatic heterocycles. The molecule has 0 amide bonds. The van der Waals surface area contributed by atoms with Gasteiger partial charge in [-0.3, -0.25) is 14.9 Å². The van der Waals surface area contributed by atoms with Crippen LogP contribution in [0.1, 0.15) is 29.2 Å². The van der Waals surface area contributed by atoms with Crippen LogP contribution in [-0.4, -0.2) is 70.5 Å². The number of hydrogen-bond donors (Lipinski definition) is 3. The Hall–Kier alpha value is -3.97. The van der Waals surface area contributed by atoms with Crippen LogP contribution in [0.4, 0.5) is 15.8 Å². The van der Waals surface area contributed by atoms with Gasteiger partial charge < -0.3 is 24.5 Å². The van der Waals surface area contributed by atoms with Crippen molar-refractivity contribution in [2.24, 2.45) is 0 Å². The number of aromatic carboxylic acids is 1. The van der Waals surface area contributed by atoms with Gasteiger partial charge in [0.1, 0.15) is 18.1 Å². The highest BCUT2D eigenvalue weighted by atomic mass is 33.2. The number of anilines is 1. The van der Waals surface area contributed by atoms with Crippen LogP contribution in [0.2, 0.25) is 0 Å². The summed E-state index contributed by atoms with van der Waals surface area (Å²) in [6, 6.07) is 5.81. The molecule has 0 radical (unpaired) electrons. The number of rotatable bonds is 15. The van der Waals surface area contributed by atoms with Crippen LogP contribution >= 0.6 is 0 Å². The van der Waals surface area contributed by atoms with Gasteiger partial charge in [-0.25, -0.2) is 17.6 Å². The Morgan fingerprint density at radius 1 is 1.10 bits per heavy atom. The minimum absolute atomic E-state index is 0.0160. The second kappa shape index (κ2) is 12.5. The fourth-order valence-corrected chi connectivity index (χ4v) is 6.72. The molecule has 0 unspecified atom stereocenters. The molecule has 18 heteroatoms. The SMILES string of the molecule is O=C(O)c1cn(C2CC2)c2cc(NCCOCCOCNS(=O)(=O)S(=O)(=O)c3ccc([N+](=O)[O-])cc3)c(F)cc2c1=O. The molecule has 0 aliphatic heterocycles. The van der Waals surface area contributed by atoms with Crippen LogP contribution in [-0.2, 0) is 27.4 Å². The van der Waals surface area contributed by atoms with E-state index in [1.165, 1.54) is 12.3 Å². The Morgan fingerprint density at radius 3 is 2.38 bits per heavy atom. The molecule has 3 N–H and O–H groups in total. The normalized spacial score (nSPS) is 13.7. The number of nitrogens with zero attached hydrogens (tertiary/aromatic N) is 2. The molecule has 15 nitrogen and oxygen atoms in total. The Labute approximate surface area is 237 Å². The van der Waals surface area contributed by atoms with Gasteiger partial charge >= 0.3 is 15.0 Å². The van der Waals surface area contributed by atoms with Gasteiger partial charge in [-0.2, -0.15) is 13.1 Å². The van der Waals surface area contributed by atoms with E-state index in [9.17, 15) is 46.0 Å². The van der Waals surface area contributed by atoms with Crippen LogP contribution in [0, 0.1) is 15.9 Å². The van der Waals surface area contributed by atoms with E-state index < -0.39 is 62.9 Å². The molecule has 226 valence electrons. The summed E-state index contributed by atoms with van der Waals surface area (Å²) < 4.78 is 77.5. The van der Waals surface area contributed by atoms with Crippen LogP contribution in [0.3, 0.4) is 0 Å². The van der Waals surface area contributed by atoms with Gasteiger partial charge in [0.25, 0.3) is 14.6 Å². The number of nitro groups is 1. The minimum atomic E-state index is -4.92. The zero-order valence-electron chi connectivity index (χ0n) is 21.7. The molecular weight excluding hydrogens is 603 g/mol. The molecule has 2 aromatic carbocycles. The lowest BCUT2D eigenvalue weighted by Gasteiger charge is -2.14. The highest BCUT2D eigenvalue weighted by molar-refractivity contribution is 8.66. The number of pyridine rings is 1. The minimum Gasteiger partial charge on any atom is -0.477 e. The number of halogens is 1. The summed E-state index contributed by atoms with van der Waals surface area (Å²) in [4.78, 5) is 33.3. The van der Waals surface area contributed by atoms with E-state index in [-0.39, 0.29) is 43.5 Å². The molecule has 4 rings (SSSR count). The molecule has 0 bridgehead atoms. The largest absolute Gasteiger partial charge is 0.477 e. The first-order valence-corrected chi connectivity index (χ1v) is 15.8. The number of benzene rings is 2. The maximum Gasteiger partial charge on any atom is 0.341 e. The van der Waals surface area contributed by atoms with E-state index in [1.807, 2.05) is 0 Å². The van der Waals surface area contributed by atoms with Gasteiger partial charge in [0.05, 0.1) is 40.8 Å². The highest BCUT2D eigenvalue weighted by Crippen LogP contribution is 2.37. The van der Waals surface area contributed by atoms with Gasteiger partial charge in [-0.1, -0.05) is 0 Å². The molecule has 0 spiro atoms. The molecule has 42 heavy (non-hydrogen) atoms. The van der Waals surface area contributed by atoms with Crippen molar-refractivity contribution >= 4 is 46.2 Å². The first-order valence-electron chi connectivity index (χ1n) is 12.3. The predicted octanol–water partition coefficient (Wildman–Crippen LogP) is 1.79. The van der Waals surface area contributed by atoms with E-state index >= 15 is 0 Å². The third-order valence-electron chi connectivity index (χ3n) is 6.19. The number of nitro benzene ring substituents is 1. The maximum absolute atomic E-state index is 14.7. The van der Waals surface area contributed by atoms with Crippen LogP contribution < -0.4 is 15.5 Å². The summed E-state index contributed by atoms with van der Waals surface area (Å²) in [6.45, 7) is -0.607. The first kappa shape index (κ1) is 31.0.